The molecule has 0 radical (unpaired) electrons. The van der Waals surface area contributed by atoms with Crippen LogP contribution in [0.1, 0.15) is 46.5 Å². The Balaban J connectivity index is 2.39. The Kier molecular flexibility index (Phi) is 5.47. The lowest BCUT2D eigenvalue weighted by molar-refractivity contribution is -0.0341. The SMILES string of the molecule is CCCC(Br)C1CCOC(C(C)C)C1. The van der Waals surface area contributed by atoms with Crippen LogP contribution >= 0.6 is 15.9 Å². The third-order valence-electron chi connectivity index (χ3n) is 3.18. The lowest BCUT2D eigenvalue weighted by Crippen LogP contribution is -2.33. The molecular weight excluding hydrogens is 240 g/mol. The van der Waals surface area contributed by atoms with Crippen LogP contribution in [0.2, 0.25) is 0 Å². The van der Waals surface area contributed by atoms with Crippen LogP contribution in [0.15, 0.2) is 0 Å². The summed E-state index contributed by atoms with van der Waals surface area (Å²) in [6, 6.07) is 0. The first-order chi connectivity index (χ1) is 6.65. The Morgan fingerprint density at radius 2 is 2.14 bits per heavy atom. The molecule has 0 aliphatic carbocycles. The molecule has 0 aromatic rings. The van der Waals surface area contributed by atoms with E-state index in [2.05, 4.69) is 36.7 Å². The first-order valence-electron chi connectivity index (χ1n) is 5.90. The topological polar surface area (TPSA) is 9.23 Å². The molecule has 1 aliphatic heterocycles. The molecule has 3 unspecified atom stereocenters. The molecule has 2 heteroatoms. The lowest BCUT2D eigenvalue weighted by Gasteiger charge is -2.34. The normalized spacial score (nSPS) is 30.6. The second-order valence-corrected chi connectivity index (χ2v) is 5.92. The lowest BCUT2D eigenvalue weighted by atomic mass is 9.87. The molecule has 1 nitrogen and oxygen atoms in total. The van der Waals surface area contributed by atoms with E-state index in [1.54, 1.807) is 0 Å². The van der Waals surface area contributed by atoms with E-state index in [9.17, 15) is 0 Å². The van der Waals surface area contributed by atoms with Gasteiger partial charge in [0.25, 0.3) is 0 Å². The number of halogens is 1. The van der Waals surface area contributed by atoms with Crippen LogP contribution in [0.3, 0.4) is 0 Å². The molecule has 84 valence electrons. The van der Waals surface area contributed by atoms with Crippen molar-refractivity contribution in [3.63, 3.8) is 0 Å². The fraction of sp³-hybridized carbons (Fsp3) is 1.00. The predicted molar refractivity (Wildman–Crippen MR) is 64.9 cm³/mol. The maximum absolute atomic E-state index is 5.78. The summed E-state index contributed by atoms with van der Waals surface area (Å²) in [5.74, 6) is 1.50. The standard InChI is InChI=1S/C12H23BrO/c1-4-5-11(13)10-6-7-14-12(8-10)9(2)3/h9-12H,4-8H2,1-3H3. The van der Waals surface area contributed by atoms with Gasteiger partial charge in [-0.25, -0.2) is 0 Å². The minimum atomic E-state index is 0.491. The molecule has 0 amide bonds. The smallest absolute Gasteiger partial charge is 0.0601 e. The van der Waals surface area contributed by atoms with Crippen LogP contribution in [-0.4, -0.2) is 17.5 Å². The molecule has 3 atom stereocenters. The first-order valence-corrected chi connectivity index (χ1v) is 6.82. The zero-order valence-corrected chi connectivity index (χ0v) is 11.2. The quantitative estimate of drug-likeness (QED) is 0.696. The van der Waals surface area contributed by atoms with Gasteiger partial charge in [-0.3, -0.25) is 0 Å². The molecule has 0 N–H and O–H groups in total. The fourth-order valence-corrected chi connectivity index (χ4v) is 3.10. The van der Waals surface area contributed by atoms with Gasteiger partial charge in [-0.05, 0) is 31.1 Å². The number of hydrogen-bond donors (Lipinski definition) is 0. The minimum absolute atomic E-state index is 0.491. The summed E-state index contributed by atoms with van der Waals surface area (Å²) >= 11 is 3.82. The molecule has 1 saturated heterocycles. The van der Waals surface area contributed by atoms with E-state index < -0.39 is 0 Å². The van der Waals surface area contributed by atoms with Crippen molar-refractivity contribution in [1.82, 2.24) is 0 Å². The van der Waals surface area contributed by atoms with Crippen molar-refractivity contribution in [1.29, 1.82) is 0 Å². The molecule has 1 heterocycles. The summed E-state index contributed by atoms with van der Waals surface area (Å²) in [4.78, 5) is 0.706. The van der Waals surface area contributed by atoms with Crippen molar-refractivity contribution in [2.75, 3.05) is 6.61 Å². The third kappa shape index (κ3) is 3.54. The van der Waals surface area contributed by atoms with Gasteiger partial charge in [0.15, 0.2) is 0 Å². The fourth-order valence-electron chi connectivity index (χ4n) is 2.16. The molecule has 0 aromatic carbocycles. The van der Waals surface area contributed by atoms with E-state index in [1.807, 2.05) is 0 Å². The highest BCUT2D eigenvalue weighted by atomic mass is 79.9. The summed E-state index contributed by atoms with van der Waals surface area (Å²) < 4.78 is 5.78. The molecule has 1 rings (SSSR count). The molecule has 0 spiro atoms. The van der Waals surface area contributed by atoms with Gasteiger partial charge in [0.2, 0.25) is 0 Å². The second-order valence-electron chi connectivity index (χ2n) is 4.74. The van der Waals surface area contributed by atoms with Gasteiger partial charge in [-0.1, -0.05) is 43.1 Å². The molecule has 0 aromatic heterocycles. The molecular formula is C12H23BrO. The predicted octanol–water partition coefficient (Wildman–Crippen LogP) is 4.00. The van der Waals surface area contributed by atoms with Crippen molar-refractivity contribution < 1.29 is 4.74 Å². The maximum atomic E-state index is 5.78. The number of alkyl halides is 1. The van der Waals surface area contributed by atoms with Crippen LogP contribution in [0.25, 0.3) is 0 Å². The van der Waals surface area contributed by atoms with Crippen molar-refractivity contribution >= 4 is 15.9 Å². The zero-order chi connectivity index (χ0) is 10.6. The van der Waals surface area contributed by atoms with E-state index in [-0.39, 0.29) is 0 Å². The van der Waals surface area contributed by atoms with Gasteiger partial charge in [-0.15, -0.1) is 0 Å². The summed E-state index contributed by atoms with van der Waals surface area (Å²) in [5, 5.41) is 0. The number of ether oxygens (including phenoxy) is 1. The molecule has 1 fully saturated rings. The van der Waals surface area contributed by atoms with Crippen molar-refractivity contribution in [3.8, 4) is 0 Å². The maximum Gasteiger partial charge on any atom is 0.0601 e. The van der Waals surface area contributed by atoms with E-state index in [4.69, 9.17) is 4.74 Å². The number of hydrogen-bond acceptors (Lipinski definition) is 1. The Morgan fingerprint density at radius 3 is 2.71 bits per heavy atom. The van der Waals surface area contributed by atoms with Crippen molar-refractivity contribution in [2.24, 2.45) is 11.8 Å². The zero-order valence-electron chi connectivity index (χ0n) is 9.63. The Labute approximate surface area is 96.7 Å². The highest BCUT2D eigenvalue weighted by molar-refractivity contribution is 9.09. The average molecular weight is 263 g/mol. The Hall–Kier alpha value is 0.440. The summed E-state index contributed by atoms with van der Waals surface area (Å²) in [6.45, 7) is 7.74. The summed E-state index contributed by atoms with van der Waals surface area (Å²) in [5.41, 5.74) is 0. The van der Waals surface area contributed by atoms with E-state index in [0.29, 0.717) is 16.8 Å². The summed E-state index contributed by atoms with van der Waals surface area (Å²) in [7, 11) is 0. The van der Waals surface area contributed by atoms with Gasteiger partial charge >= 0.3 is 0 Å². The minimum Gasteiger partial charge on any atom is -0.378 e. The van der Waals surface area contributed by atoms with Crippen molar-refractivity contribution in [3.05, 3.63) is 0 Å². The Morgan fingerprint density at radius 1 is 1.43 bits per heavy atom. The monoisotopic (exact) mass is 262 g/mol. The second kappa shape index (κ2) is 6.12. The van der Waals surface area contributed by atoms with Crippen molar-refractivity contribution in [2.45, 2.75) is 57.4 Å². The molecule has 0 bridgehead atoms. The van der Waals surface area contributed by atoms with Gasteiger partial charge in [0.05, 0.1) is 6.10 Å². The summed E-state index contributed by atoms with van der Waals surface area (Å²) in [6.07, 6.45) is 5.55. The molecule has 1 aliphatic rings. The third-order valence-corrected chi connectivity index (χ3v) is 4.38. The molecule has 0 saturated carbocycles. The van der Waals surface area contributed by atoms with Gasteiger partial charge in [0, 0.05) is 11.4 Å². The van der Waals surface area contributed by atoms with Crippen LogP contribution < -0.4 is 0 Å². The van der Waals surface area contributed by atoms with Crippen LogP contribution in [-0.2, 0) is 4.74 Å². The van der Waals surface area contributed by atoms with E-state index in [1.165, 1.54) is 25.7 Å². The van der Waals surface area contributed by atoms with Crippen LogP contribution in [0, 0.1) is 11.8 Å². The van der Waals surface area contributed by atoms with Gasteiger partial charge in [0.1, 0.15) is 0 Å². The van der Waals surface area contributed by atoms with Crippen LogP contribution in [0.5, 0.6) is 0 Å². The van der Waals surface area contributed by atoms with E-state index in [0.717, 1.165) is 12.5 Å². The highest BCUT2D eigenvalue weighted by Gasteiger charge is 2.28. The average Bonchev–Trinajstić information content (AvgIpc) is 2.18. The van der Waals surface area contributed by atoms with E-state index >= 15 is 0 Å². The van der Waals surface area contributed by atoms with Gasteiger partial charge in [-0.2, -0.15) is 0 Å². The van der Waals surface area contributed by atoms with Crippen LogP contribution in [0.4, 0.5) is 0 Å². The van der Waals surface area contributed by atoms with Gasteiger partial charge < -0.3 is 4.74 Å². The Bertz CT molecular complexity index is 158. The largest absolute Gasteiger partial charge is 0.378 e. The molecule has 14 heavy (non-hydrogen) atoms. The first kappa shape index (κ1) is 12.5. The highest BCUT2D eigenvalue weighted by Crippen LogP contribution is 2.32. The number of rotatable bonds is 4.